The quantitative estimate of drug-likeness (QED) is 0.613. The van der Waals surface area contributed by atoms with Crippen molar-refractivity contribution in [1.82, 2.24) is 15.1 Å². The number of carbonyl (C=O) groups excluding carboxylic acids is 1. The Bertz CT molecular complexity index is 1020. The van der Waals surface area contributed by atoms with Crippen LogP contribution in [-0.4, -0.2) is 75.5 Å². The number of carbonyl (C=O) groups is 1. The lowest BCUT2D eigenvalue weighted by molar-refractivity contribution is 0.0164. The van der Waals surface area contributed by atoms with E-state index in [1.807, 2.05) is 24.0 Å². The number of hydrogen-bond donors (Lipinski definition) is 1. The van der Waals surface area contributed by atoms with Crippen molar-refractivity contribution < 1.29 is 19.0 Å². The lowest BCUT2D eigenvalue weighted by atomic mass is 9.99. The largest absolute Gasteiger partial charge is 0.493 e. The number of urea groups is 1. The van der Waals surface area contributed by atoms with E-state index >= 15 is 0 Å². The highest BCUT2D eigenvalue weighted by Crippen LogP contribution is 2.32. The zero-order valence-corrected chi connectivity index (χ0v) is 21.1. The van der Waals surface area contributed by atoms with Gasteiger partial charge in [-0.1, -0.05) is 42.0 Å². The van der Waals surface area contributed by atoms with Crippen molar-refractivity contribution in [3.05, 3.63) is 65.2 Å². The number of benzene rings is 2. The molecule has 0 aliphatic carbocycles. The van der Waals surface area contributed by atoms with Gasteiger partial charge in [0, 0.05) is 32.7 Å². The van der Waals surface area contributed by atoms with E-state index in [1.165, 1.54) is 16.7 Å². The summed E-state index contributed by atoms with van der Waals surface area (Å²) in [5.74, 6) is 1.44. The summed E-state index contributed by atoms with van der Waals surface area (Å²) in [5, 5.41) is 3.19. The maximum Gasteiger partial charge on any atom is 0.317 e. The molecular formula is C28H37N3O4. The minimum absolute atomic E-state index is 0.0240. The Labute approximate surface area is 208 Å². The molecule has 2 aromatic rings. The molecule has 2 heterocycles. The van der Waals surface area contributed by atoms with Crippen LogP contribution in [0.1, 0.15) is 36.1 Å². The molecule has 0 radical (unpaired) electrons. The molecule has 7 nitrogen and oxygen atoms in total. The van der Waals surface area contributed by atoms with Crippen LogP contribution in [0.5, 0.6) is 11.5 Å². The molecule has 7 heteroatoms. The minimum Gasteiger partial charge on any atom is -0.493 e. The van der Waals surface area contributed by atoms with Crippen LogP contribution in [0.25, 0.3) is 5.57 Å². The maximum atomic E-state index is 13.1. The van der Waals surface area contributed by atoms with Gasteiger partial charge >= 0.3 is 6.03 Å². The highest BCUT2D eigenvalue weighted by Gasteiger charge is 2.26. The molecule has 1 saturated heterocycles. The third-order valence-corrected chi connectivity index (χ3v) is 6.72. The molecule has 0 bridgehead atoms. The fourth-order valence-corrected chi connectivity index (χ4v) is 4.69. The van der Waals surface area contributed by atoms with Crippen molar-refractivity contribution in [3.63, 3.8) is 0 Å². The molecule has 1 atom stereocenters. The molecule has 2 aliphatic heterocycles. The molecule has 4 rings (SSSR count). The Morgan fingerprint density at radius 1 is 1.09 bits per heavy atom. The summed E-state index contributed by atoms with van der Waals surface area (Å²) >= 11 is 0. The fourth-order valence-electron chi connectivity index (χ4n) is 4.69. The van der Waals surface area contributed by atoms with Gasteiger partial charge < -0.3 is 24.4 Å². The van der Waals surface area contributed by atoms with E-state index < -0.39 is 0 Å². The van der Waals surface area contributed by atoms with E-state index in [1.54, 1.807) is 7.11 Å². The standard InChI is InChI=1S/C28H37N3O4/c1-4-35-26-10-9-24(19-27(26)33-3)25(30-15-17-34-18-16-30)20-29-28(32)31-13-11-23(12-14-31)22-7-5-21(2)6-8-22/h5-11,19,25H,4,12-18,20H2,1-3H3,(H,29,32). The van der Waals surface area contributed by atoms with E-state index in [4.69, 9.17) is 14.2 Å². The fraction of sp³-hybridized carbons (Fsp3) is 0.464. The molecule has 1 fully saturated rings. The molecular weight excluding hydrogens is 442 g/mol. The third kappa shape index (κ3) is 6.35. The van der Waals surface area contributed by atoms with Crippen molar-refractivity contribution in [2.45, 2.75) is 26.3 Å². The van der Waals surface area contributed by atoms with Crippen LogP contribution in [0.4, 0.5) is 4.79 Å². The van der Waals surface area contributed by atoms with Crippen molar-refractivity contribution in [2.24, 2.45) is 0 Å². The highest BCUT2D eigenvalue weighted by molar-refractivity contribution is 5.76. The first kappa shape index (κ1) is 25.1. The van der Waals surface area contributed by atoms with Gasteiger partial charge in [-0.3, -0.25) is 4.90 Å². The second-order valence-corrected chi connectivity index (χ2v) is 8.98. The Hall–Kier alpha value is -3.03. The second kappa shape index (κ2) is 12.1. The first-order chi connectivity index (χ1) is 17.1. The number of hydrogen-bond acceptors (Lipinski definition) is 5. The molecule has 0 saturated carbocycles. The Kier molecular flexibility index (Phi) is 8.66. The number of rotatable bonds is 8. The number of nitrogens with one attached hydrogen (secondary N) is 1. The molecule has 188 valence electrons. The lowest BCUT2D eigenvalue weighted by Gasteiger charge is -2.36. The first-order valence-corrected chi connectivity index (χ1v) is 12.5. The van der Waals surface area contributed by atoms with Crippen molar-refractivity contribution in [1.29, 1.82) is 0 Å². The summed E-state index contributed by atoms with van der Waals surface area (Å²) in [6.07, 6.45) is 3.03. The number of amides is 2. The Balaban J connectivity index is 1.42. The number of morpholine rings is 1. The summed E-state index contributed by atoms with van der Waals surface area (Å²) < 4.78 is 16.8. The molecule has 2 aromatic carbocycles. The molecule has 2 aliphatic rings. The number of methoxy groups -OCH3 is 1. The van der Waals surface area contributed by atoms with Gasteiger partial charge in [-0.15, -0.1) is 0 Å². The summed E-state index contributed by atoms with van der Waals surface area (Å²) in [5.41, 5.74) is 4.90. The third-order valence-electron chi connectivity index (χ3n) is 6.72. The summed E-state index contributed by atoms with van der Waals surface area (Å²) in [4.78, 5) is 17.3. The summed E-state index contributed by atoms with van der Waals surface area (Å²) in [7, 11) is 1.65. The number of ether oxygens (including phenoxy) is 3. The predicted molar refractivity (Wildman–Crippen MR) is 138 cm³/mol. The van der Waals surface area contributed by atoms with Crippen LogP contribution >= 0.6 is 0 Å². The van der Waals surface area contributed by atoms with Crippen LogP contribution < -0.4 is 14.8 Å². The topological polar surface area (TPSA) is 63.3 Å². The van der Waals surface area contributed by atoms with Gasteiger partial charge in [0.25, 0.3) is 0 Å². The maximum absolute atomic E-state index is 13.1. The molecule has 2 amide bonds. The molecule has 0 spiro atoms. The zero-order chi connectivity index (χ0) is 24.6. The normalized spacial score (nSPS) is 17.5. The van der Waals surface area contributed by atoms with Crippen molar-refractivity contribution in [3.8, 4) is 11.5 Å². The molecule has 35 heavy (non-hydrogen) atoms. The van der Waals surface area contributed by atoms with Crippen LogP contribution in [0.2, 0.25) is 0 Å². The van der Waals surface area contributed by atoms with Gasteiger partial charge in [0.1, 0.15) is 0 Å². The van der Waals surface area contributed by atoms with E-state index in [0.29, 0.717) is 45.2 Å². The number of nitrogens with zero attached hydrogens (tertiary/aromatic N) is 2. The van der Waals surface area contributed by atoms with Gasteiger partial charge in [0.2, 0.25) is 0 Å². The number of aryl methyl sites for hydroxylation is 1. The minimum atomic E-state index is -0.0274. The smallest absolute Gasteiger partial charge is 0.317 e. The Morgan fingerprint density at radius 2 is 1.86 bits per heavy atom. The van der Waals surface area contributed by atoms with Gasteiger partial charge in [-0.2, -0.15) is 0 Å². The summed E-state index contributed by atoms with van der Waals surface area (Å²) in [6, 6.07) is 14.6. The highest BCUT2D eigenvalue weighted by atomic mass is 16.5. The average molecular weight is 480 g/mol. The monoisotopic (exact) mass is 479 g/mol. The Morgan fingerprint density at radius 3 is 2.51 bits per heavy atom. The van der Waals surface area contributed by atoms with Gasteiger partial charge in [0.15, 0.2) is 11.5 Å². The second-order valence-electron chi connectivity index (χ2n) is 8.98. The van der Waals surface area contributed by atoms with Crippen molar-refractivity contribution in [2.75, 3.05) is 59.7 Å². The SMILES string of the molecule is CCOc1ccc(C(CNC(=O)N2CC=C(c3ccc(C)cc3)CC2)N2CCOCC2)cc1OC. The molecule has 0 aromatic heterocycles. The van der Waals surface area contributed by atoms with Crippen LogP contribution in [0.3, 0.4) is 0 Å². The lowest BCUT2D eigenvalue weighted by Crippen LogP contribution is -2.47. The van der Waals surface area contributed by atoms with Gasteiger partial charge in [-0.25, -0.2) is 4.79 Å². The van der Waals surface area contributed by atoms with E-state index in [9.17, 15) is 4.79 Å². The van der Waals surface area contributed by atoms with E-state index in [0.717, 1.165) is 30.8 Å². The van der Waals surface area contributed by atoms with Crippen LogP contribution in [-0.2, 0) is 4.74 Å². The van der Waals surface area contributed by atoms with Crippen LogP contribution in [0.15, 0.2) is 48.5 Å². The average Bonchev–Trinajstić information content (AvgIpc) is 2.90. The van der Waals surface area contributed by atoms with Crippen LogP contribution in [0, 0.1) is 6.92 Å². The predicted octanol–water partition coefficient (Wildman–Crippen LogP) is 4.27. The zero-order valence-electron chi connectivity index (χ0n) is 21.1. The van der Waals surface area contributed by atoms with E-state index in [-0.39, 0.29) is 12.1 Å². The molecule has 1 unspecified atom stereocenters. The van der Waals surface area contributed by atoms with Crippen molar-refractivity contribution >= 4 is 11.6 Å². The molecule has 1 N–H and O–H groups in total. The first-order valence-electron chi connectivity index (χ1n) is 12.5. The van der Waals surface area contributed by atoms with Gasteiger partial charge in [-0.05, 0) is 49.1 Å². The van der Waals surface area contributed by atoms with E-state index in [2.05, 4.69) is 53.5 Å². The van der Waals surface area contributed by atoms with Gasteiger partial charge in [0.05, 0.1) is 33.0 Å². The summed E-state index contributed by atoms with van der Waals surface area (Å²) in [6.45, 7) is 9.51.